The van der Waals surface area contributed by atoms with Crippen LogP contribution in [0.15, 0.2) is 15.7 Å². The smallest absolute Gasteiger partial charge is 0.250 e. The lowest BCUT2D eigenvalue weighted by Crippen LogP contribution is -2.30. The van der Waals surface area contributed by atoms with Gasteiger partial charge < -0.3 is 10.6 Å². The van der Waals surface area contributed by atoms with Crippen molar-refractivity contribution >= 4 is 21.4 Å². The van der Waals surface area contributed by atoms with Gasteiger partial charge >= 0.3 is 0 Å². The van der Waals surface area contributed by atoms with Crippen molar-refractivity contribution in [3.63, 3.8) is 0 Å². The second kappa shape index (κ2) is 5.74. The molecule has 7 heteroatoms. The Morgan fingerprint density at radius 2 is 2.19 bits per heavy atom. The number of rotatable bonds is 6. The minimum absolute atomic E-state index is 0.326. The maximum absolute atomic E-state index is 11.8. The molecule has 5 nitrogen and oxygen atoms in total. The van der Waals surface area contributed by atoms with E-state index in [0.717, 1.165) is 5.56 Å². The van der Waals surface area contributed by atoms with Crippen LogP contribution in [0.1, 0.15) is 5.56 Å². The summed E-state index contributed by atoms with van der Waals surface area (Å²) in [7, 11) is 0.431. The summed E-state index contributed by atoms with van der Waals surface area (Å²) < 4.78 is 26.4. The van der Waals surface area contributed by atoms with E-state index < -0.39 is 10.0 Å². The van der Waals surface area contributed by atoms with Gasteiger partial charge in [0.2, 0.25) is 10.0 Å². The standard InChI is InChI=1S/C9H17N3O2S2/c1-12(2)4-3-11-16(13,14)9-5-8(6-10)7-15-9/h5,7,11H,3-4,6,10H2,1-2H3. The van der Waals surface area contributed by atoms with Gasteiger partial charge in [0.15, 0.2) is 0 Å². The van der Waals surface area contributed by atoms with Crippen LogP contribution in [0.5, 0.6) is 0 Å². The normalized spacial score (nSPS) is 12.2. The number of hydrogen-bond acceptors (Lipinski definition) is 5. The molecule has 0 bridgehead atoms. The van der Waals surface area contributed by atoms with Crippen molar-refractivity contribution in [3.05, 3.63) is 17.0 Å². The van der Waals surface area contributed by atoms with Crippen LogP contribution in [0.3, 0.4) is 0 Å². The molecule has 1 rings (SSSR count). The van der Waals surface area contributed by atoms with Crippen molar-refractivity contribution in [1.82, 2.24) is 9.62 Å². The fraction of sp³-hybridized carbons (Fsp3) is 0.556. The molecular formula is C9H17N3O2S2. The van der Waals surface area contributed by atoms with E-state index in [2.05, 4.69) is 4.72 Å². The van der Waals surface area contributed by atoms with Crippen LogP contribution in [0.2, 0.25) is 0 Å². The molecule has 16 heavy (non-hydrogen) atoms. The minimum atomic E-state index is -3.36. The number of hydrogen-bond donors (Lipinski definition) is 2. The first-order valence-electron chi connectivity index (χ1n) is 4.87. The Morgan fingerprint density at radius 1 is 1.50 bits per heavy atom. The van der Waals surface area contributed by atoms with Gasteiger partial charge in [0.1, 0.15) is 4.21 Å². The van der Waals surface area contributed by atoms with E-state index in [9.17, 15) is 8.42 Å². The average molecular weight is 263 g/mol. The van der Waals surface area contributed by atoms with Gasteiger partial charge in [0.25, 0.3) is 0 Å². The molecule has 0 unspecified atom stereocenters. The Bertz CT molecular complexity index is 426. The molecule has 1 aromatic rings. The Hall–Kier alpha value is -0.470. The topological polar surface area (TPSA) is 75.4 Å². The highest BCUT2D eigenvalue weighted by atomic mass is 32.2. The first-order chi connectivity index (χ1) is 7.45. The van der Waals surface area contributed by atoms with E-state index in [0.29, 0.717) is 23.8 Å². The van der Waals surface area contributed by atoms with Crippen molar-refractivity contribution in [2.75, 3.05) is 27.2 Å². The Kier molecular flexibility index (Phi) is 4.88. The summed E-state index contributed by atoms with van der Waals surface area (Å²) in [6.45, 7) is 1.45. The molecule has 92 valence electrons. The Labute approximate surface area is 100 Å². The number of nitrogens with two attached hydrogens (primary N) is 1. The monoisotopic (exact) mass is 263 g/mol. The number of nitrogens with zero attached hydrogens (tertiary/aromatic N) is 1. The lowest BCUT2D eigenvalue weighted by Gasteiger charge is -2.09. The zero-order chi connectivity index (χ0) is 12.2. The van der Waals surface area contributed by atoms with E-state index >= 15 is 0 Å². The maximum Gasteiger partial charge on any atom is 0.250 e. The molecule has 0 aromatic carbocycles. The molecule has 0 saturated heterocycles. The van der Waals surface area contributed by atoms with Crippen LogP contribution in [0, 0.1) is 0 Å². The number of thiophene rings is 1. The predicted octanol–water partition coefficient (Wildman–Crippen LogP) is 0.0467. The molecule has 0 aliphatic carbocycles. The molecule has 0 amide bonds. The molecule has 0 aliphatic rings. The van der Waals surface area contributed by atoms with Crippen molar-refractivity contribution in [3.8, 4) is 0 Å². The first-order valence-corrected chi connectivity index (χ1v) is 7.24. The minimum Gasteiger partial charge on any atom is -0.326 e. The number of sulfonamides is 1. The van der Waals surface area contributed by atoms with Gasteiger partial charge in [-0.1, -0.05) is 0 Å². The van der Waals surface area contributed by atoms with E-state index in [1.54, 1.807) is 11.4 Å². The quantitative estimate of drug-likeness (QED) is 0.760. The molecule has 0 fully saturated rings. The SMILES string of the molecule is CN(C)CCNS(=O)(=O)c1cc(CN)cs1. The van der Waals surface area contributed by atoms with Crippen molar-refractivity contribution in [2.24, 2.45) is 5.73 Å². The lowest BCUT2D eigenvalue weighted by molar-refractivity contribution is 0.412. The molecule has 1 aromatic heterocycles. The van der Waals surface area contributed by atoms with Gasteiger partial charge in [-0.25, -0.2) is 13.1 Å². The molecule has 1 heterocycles. The van der Waals surface area contributed by atoms with Crippen LogP contribution in [0.25, 0.3) is 0 Å². The molecule has 0 saturated carbocycles. The summed E-state index contributed by atoms with van der Waals surface area (Å²) in [5.41, 5.74) is 6.28. The molecule has 0 aliphatic heterocycles. The van der Waals surface area contributed by atoms with Crippen molar-refractivity contribution in [2.45, 2.75) is 10.8 Å². The third-order valence-electron chi connectivity index (χ3n) is 1.98. The van der Waals surface area contributed by atoms with E-state index in [4.69, 9.17) is 5.73 Å². The average Bonchev–Trinajstić information content (AvgIpc) is 2.65. The van der Waals surface area contributed by atoms with Crippen molar-refractivity contribution in [1.29, 1.82) is 0 Å². The molecule has 0 spiro atoms. The third kappa shape index (κ3) is 3.84. The van der Waals surface area contributed by atoms with Gasteiger partial charge in [-0.05, 0) is 31.1 Å². The van der Waals surface area contributed by atoms with Crippen LogP contribution >= 0.6 is 11.3 Å². The highest BCUT2D eigenvalue weighted by Crippen LogP contribution is 2.19. The van der Waals surface area contributed by atoms with Crippen molar-refractivity contribution < 1.29 is 8.42 Å². The number of likely N-dealkylation sites (N-methyl/N-ethyl adjacent to an activating group) is 1. The van der Waals surface area contributed by atoms with Gasteiger partial charge in [-0.3, -0.25) is 0 Å². The van der Waals surface area contributed by atoms with Gasteiger partial charge in [-0.2, -0.15) is 0 Å². The molecule has 0 atom stereocenters. The summed E-state index contributed by atoms with van der Waals surface area (Å²) >= 11 is 1.20. The van der Waals surface area contributed by atoms with Crippen LogP contribution in [0.4, 0.5) is 0 Å². The Balaban J connectivity index is 2.63. The largest absolute Gasteiger partial charge is 0.326 e. The third-order valence-corrected chi connectivity index (χ3v) is 4.93. The highest BCUT2D eigenvalue weighted by molar-refractivity contribution is 7.91. The Morgan fingerprint density at radius 3 is 2.69 bits per heavy atom. The highest BCUT2D eigenvalue weighted by Gasteiger charge is 2.15. The first kappa shape index (κ1) is 13.6. The molecular weight excluding hydrogens is 246 g/mol. The summed E-state index contributed by atoms with van der Waals surface area (Å²) in [5, 5.41) is 1.76. The van der Waals surface area contributed by atoms with E-state index in [1.165, 1.54) is 11.3 Å². The second-order valence-electron chi connectivity index (χ2n) is 3.68. The number of nitrogens with one attached hydrogen (secondary N) is 1. The van der Waals surface area contributed by atoms with Crippen LogP contribution < -0.4 is 10.5 Å². The van der Waals surface area contributed by atoms with Crippen LogP contribution in [-0.4, -0.2) is 40.5 Å². The lowest BCUT2D eigenvalue weighted by atomic mass is 10.4. The summed E-state index contributed by atoms with van der Waals surface area (Å²) in [6, 6.07) is 1.61. The predicted molar refractivity (Wildman–Crippen MR) is 66.0 cm³/mol. The molecule has 3 N–H and O–H groups in total. The summed E-state index contributed by atoms with van der Waals surface area (Å²) in [4.78, 5) is 1.92. The second-order valence-corrected chi connectivity index (χ2v) is 6.58. The van der Waals surface area contributed by atoms with Gasteiger partial charge in [-0.15, -0.1) is 11.3 Å². The zero-order valence-corrected chi connectivity index (χ0v) is 11.1. The maximum atomic E-state index is 11.8. The fourth-order valence-corrected chi connectivity index (χ4v) is 3.36. The van der Waals surface area contributed by atoms with Gasteiger partial charge in [0.05, 0.1) is 0 Å². The van der Waals surface area contributed by atoms with E-state index in [-0.39, 0.29) is 0 Å². The van der Waals surface area contributed by atoms with E-state index in [1.807, 2.05) is 19.0 Å². The van der Waals surface area contributed by atoms with Crippen LogP contribution in [-0.2, 0) is 16.6 Å². The zero-order valence-electron chi connectivity index (χ0n) is 9.43. The fourth-order valence-electron chi connectivity index (χ4n) is 1.08. The van der Waals surface area contributed by atoms with Gasteiger partial charge in [0, 0.05) is 19.6 Å². The summed E-state index contributed by atoms with van der Waals surface area (Å²) in [5.74, 6) is 0. The molecule has 0 radical (unpaired) electrons. The summed E-state index contributed by atoms with van der Waals surface area (Å²) in [6.07, 6.45) is 0.